The number of hydrogen-bond acceptors (Lipinski definition) is 4. The van der Waals surface area contributed by atoms with Crippen LogP contribution in [0.15, 0.2) is 28.1 Å². The normalized spacial score (nSPS) is 18.5. The van der Waals surface area contributed by atoms with Crippen LogP contribution in [0.2, 0.25) is 0 Å². The number of aliphatic carboxylic acids is 1. The smallest absolute Gasteiger partial charge is 0.306 e. The van der Waals surface area contributed by atoms with E-state index in [0.29, 0.717) is 0 Å². The molecule has 1 aliphatic rings. The number of aryl methyl sites for hydroxylation is 1. The zero-order valence-corrected chi connectivity index (χ0v) is 15.5. The zero-order chi connectivity index (χ0) is 15.7. The maximum Gasteiger partial charge on any atom is 0.306 e. The first-order valence-electron chi connectivity index (χ1n) is 7.33. The maximum absolute atomic E-state index is 11.2. The van der Waals surface area contributed by atoms with Gasteiger partial charge in [0, 0.05) is 14.6 Å². The fourth-order valence-electron chi connectivity index (χ4n) is 2.98. The number of thiophene rings is 2. The molecule has 1 unspecified atom stereocenters. The first-order chi connectivity index (χ1) is 10.5. The summed E-state index contributed by atoms with van der Waals surface area (Å²) < 4.78 is 1.14. The van der Waals surface area contributed by atoms with Gasteiger partial charge >= 0.3 is 5.97 Å². The fourth-order valence-corrected chi connectivity index (χ4v) is 5.66. The molecule has 1 fully saturated rings. The number of carbonyl (C=O) groups is 1. The molecule has 0 aromatic carbocycles. The molecule has 0 bridgehead atoms. The van der Waals surface area contributed by atoms with Crippen molar-refractivity contribution in [2.24, 2.45) is 5.92 Å². The van der Waals surface area contributed by atoms with E-state index in [1.54, 1.807) is 11.3 Å². The van der Waals surface area contributed by atoms with E-state index in [1.807, 2.05) is 11.3 Å². The lowest BCUT2D eigenvalue weighted by Crippen LogP contribution is -2.38. The largest absolute Gasteiger partial charge is 0.481 e. The summed E-state index contributed by atoms with van der Waals surface area (Å²) in [6.45, 7) is 3.81. The van der Waals surface area contributed by atoms with Crippen LogP contribution in [-0.2, 0) is 4.79 Å². The molecule has 1 aliphatic heterocycles. The molecule has 2 aromatic rings. The van der Waals surface area contributed by atoms with Gasteiger partial charge in [-0.15, -0.1) is 22.7 Å². The third-order valence-corrected chi connectivity index (χ3v) is 6.87. The van der Waals surface area contributed by atoms with E-state index in [-0.39, 0.29) is 12.0 Å². The fraction of sp³-hybridized carbons (Fsp3) is 0.438. The lowest BCUT2D eigenvalue weighted by Gasteiger charge is -2.35. The second kappa shape index (κ2) is 6.83. The Morgan fingerprint density at radius 2 is 1.86 bits per heavy atom. The minimum atomic E-state index is -0.651. The predicted octanol–water partition coefficient (Wildman–Crippen LogP) is 4.77. The zero-order valence-electron chi connectivity index (χ0n) is 12.3. The number of halogens is 1. The van der Waals surface area contributed by atoms with Crippen molar-refractivity contribution in [3.05, 3.63) is 42.7 Å². The minimum Gasteiger partial charge on any atom is -0.481 e. The van der Waals surface area contributed by atoms with Crippen LogP contribution in [0.3, 0.4) is 0 Å². The summed E-state index contributed by atoms with van der Waals surface area (Å²) in [6, 6.07) is 8.90. The number of hydrogen-bond donors (Lipinski definition) is 1. The van der Waals surface area contributed by atoms with E-state index in [9.17, 15) is 9.90 Å². The summed E-state index contributed by atoms with van der Waals surface area (Å²) >= 11 is 7.16. The van der Waals surface area contributed by atoms with Crippen molar-refractivity contribution >= 4 is 44.6 Å². The van der Waals surface area contributed by atoms with Crippen molar-refractivity contribution in [1.29, 1.82) is 0 Å². The van der Waals surface area contributed by atoms with Crippen LogP contribution in [0.1, 0.15) is 33.5 Å². The molecular weight excluding hydrogens is 382 g/mol. The summed E-state index contributed by atoms with van der Waals surface area (Å²) in [7, 11) is 0. The Labute approximate surface area is 146 Å². The SMILES string of the molecule is Cc1ccc(C(c2ccc(Br)s2)N2CCC(C(=O)O)CC2)s1. The molecule has 2 aromatic heterocycles. The van der Waals surface area contributed by atoms with Gasteiger partial charge in [0.2, 0.25) is 0 Å². The average Bonchev–Trinajstić information content (AvgIpc) is 3.09. The highest BCUT2D eigenvalue weighted by Crippen LogP contribution is 2.39. The molecule has 0 saturated carbocycles. The molecule has 3 rings (SSSR count). The van der Waals surface area contributed by atoms with Crippen molar-refractivity contribution in [2.75, 3.05) is 13.1 Å². The van der Waals surface area contributed by atoms with Crippen LogP contribution >= 0.6 is 38.6 Å². The Morgan fingerprint density at radius 3 is 2.36 bits per heavy atom. The summed E-state index contributed by atoms with van der Waals surface area (Å²) in [5, 5.41) is 9.18. The van der Waals surface area contributed by atoms with Gasteiger partial charge in [0.05, 0.1) is 15.7 Å². The highest BCUT2D eigenvalue weighted by atomic mass is 79.9. The maximum atomic E-state index is 11.2. The van der Waals surface area contributed by atoms with Gasteiger partial charge in [-0.05, 0) is 73.1 Å². The van der Waals surface area contributed by atoms with Gasteiger partial charge in [0.1, 0.15) is 0 Å². The molecule has 1 atom stereocenters. The Hall–Kier alpha value is -0.690. The van der Waals surface area contributed by atoms with Crippen molar-refractivity contribution < 1.29 is 9.90 Å². The number of carboxylic acids is 1. The van der Waals surface area contributed by atoms with Crippen LogP contribution in [0.25, 0.3) is 0 Å². The first kappa shape index (κ1) is 16.2. The molecule has 3 nitrogen and oxygen atoms in total. The van der Waals surface area contributed by atoms with Crippen LogP contribution in [0.4, 0.5) is 0 Å². The Balaban J connectivity index is 1.85. The monoisotopic (exact) mass is 399 g/mol. The molecular formula is C16H18BrNO2S2. The molecule has 0 spiro atoms. The molecule has 0 amide bonds. The summed E-state index contributed by atoms with van der Waals surface area (Å²) in [6.07, 6.45) is 1.48. The third kappa shape index (κ3) is 3.45. The Kier molecular flexibility index (Phi) is 5.02. The van der Waals surface area contributed by atoms with Gasteiger partial charge in [-0.2, -0.15) is 0 Å². The van der Waals surface area contributed by atoms with Crippen molar-refractivity contribution in [1.82, 2.24) is 4.90 Å². The van der Waals surface area contributed by atoms with Gasteiger partial charge in [0.25, 0.3) is 0 Å². The molecule has 6 heteroatoms. The van der Waals surface area contributed by atoms with E-state index in [1.165, 1.54) is 14.6 Å². The van der Waals surface area contributed by atoms with Gasteiger partial charge in [-0.25, -0.2) is 0 Å². The summed E-state index contributed by atoms with van der Waals surface area (Å²) in [5.41, 5.74) is 0. The van der Waals surface area contributed by atoms with Gasteiger partial charge in [-0.3, -0.25) is 9.69 Å². The van der Waals surface area contributed by atoms with Gasteiger partial charge in [0.15, 0.2) is 0 Å². The third-order valence-electron chi connectivity index (χ3n) is 4.14. The lowest BCUT2D eigenvalue weighted by atomic mass is 9.95. The molecule has 22 heavy (non-hydrogen) atoms. The number of carboxylic acid groups (broad SMARTS) is 1. The van der Waals surface area contributed by atoms with E-state index < -0.39 is 5.97 Å². The van der Waals surface area contributed by atoms with E-state index >= 15 is 0 Å². The summed E-state index contributed by atoms with van der Waals surface area (Å²) in [4.78, 5) is 17.6. The molecule has 0 radical (unpaired) electrons. The van der Waals surface area contributed by atoms with Crippen molar-refractivity contribution in [3.63, 3.8) is 0 Å². The Bertz CT molecular complexity index is 618. The van der Waals surface area contributed by atoms with Crippen LogP contribution in [0.5, 0.6) is 0 Å². The highest BCUT2D eigenvalue weighted by Gasteiger charge is 2.31. The van der Waals surface area contributed by atoms with E-state index in [4.69, 9.17) is 0 Å². The predicted molar refractivity (Wildman–Crippen MR) is 94.9 cm³/mol. The lowest BCUT2D eigenvalue weighted by molar-refractivity contribution is -0.143. The topological polar surface area (TPSA) is 40.5 Å². The molecule has 1 saturated heterocycles. The number of nitrogens with zero attached hydrogens (tertiary/aromatic N) is 1. The number of rotatable bonds is 4. The second-order valence-electron chi connectivity index (χ2n) is 5.64. The highest BCUT2D eigenvalue weighted by molar-refractivity contribution is 9.11. The molecule has 118 valence electrons. The quantitative estimate of drug-likeness (QED) is 0.804. The van der Waals surface area contributed by atoms with Crippen LogP contribution < -0.4 is 0 Å². The summed E-state index contributed by atoms with van der Waals surface area (Å²) in [5.74, 6) is -0.834. The van der Waals surface area contributed by atoms with Gasteiger partial charge in [-0.1, -0.05) is 0 Å². The minimum absolute atomic E-state index is 0.183. The van der Waals surface area contributed by atoms with Crippen LogP contribution in [0, 0.1) is 12.8 Å². The average molecular weight is 400 g/mol. The molecule has 1 N–H and O–H groups in total. The number of likely N-dealkylation sites (tertiary alicyclic amines) is 1. The second-order valence-corrected chi connectivity index (χ2v) is 9.46. The van der Waals surface area contributed by atoms with E-state index in [2.05, 4.69) is 52.0 Å². The standard InChI is InChI=1S/C16H18BrNO2S2/c1-10-2-3-12(21-10)15(13-4-5-14(17)22-13)18-8-6-11(7-9-18)16(19)20/h2-5,11,15H,6-9H2,1H3,(H,19,20). The van der Waals surface area contributed by atoms with E-state index in [0.717, 1.165) is 29.7 Å². The van der Waals surface area contributed by atoms with Crippen molar-refractivity contribution in [2.45, 2.75) is 25.8 Å². The molecule has 3 heterocycles. The van der Waals surface area contributed by atoms with Crippen LogP contribution in [-0.4, -0.2) is 29.1 Å². The Morgan fingerprint density at radius 1 is 1.23 bits per heavy atom. The molecule has 0 aliphatic carbocycles. The van der Waals surface area contributed by atoms with Gasteiger partial charge < -0.3 is 5.11 Å². The van der Waals surface area contributed by atoms with Crippen molar-refractivity contribution in [3.8, 4) is 0 Å². The first-order valence-corrected chi connectivity index (χ1v) is 9.75. The number of piperidine rings is 1.